The number of amides is 2. The van der Waals surface area contributed by atoms with Gasteiger partial charge in [0.25, 0.3) is 11.8 Å². The number of hydrogen-bond acceptors (Lipinski definition) is 6. The molecule has 0 radical (unpaired) electrons. The molecule has 1 aliphatic heterocycles. The Bertz CT molecular complexity index is 1190. The number of anilines is 2. The summed E-state index contributed by atoms with van der Waals surface area (Å²) in [6, 6.07) is 21.3. The van der Waals surface area contributed by atoms with Crippen LogP contribution in [0.3, 0.4) is 0 Å². The molecule has 0 atom stereocenters. The van der Waals surface area contributed by atoms with Crippen LogP contribution in [-0.2, 0) is 9.59 Å². The number of para-hydroxylation sites is 2. The summed E-state index contributed by atoms with van der Waals surface area (Å²) in [5, 5.41) is 0.0782. The quantitative estimate of drug-likeness (QED) is 0.299. The summed E-state index contributed by atoms with van der Waals surface area (Å²) in [6.45, 7) is 0. The third-order valence-corrected chi connectivity index (χ3v) is 5.64. The first-order chi connectivity index (χ1) is 16.5. The van der Waals surface area contributed by atoms with E-state index in [-0.39, 0.29) is 10.7 Å². The van der Waals surface area contributed by atoms with Gasteiger partial charge in [0.2, 0.25) is 5.75 Å². The molecule has 1 aliphatic rings. The molecule has 1 heterocycles. The van der Waals surface area contributed by atoms with E-state index in [9.17, 15) is 9.59 Å². The van der Waals surface area contributed by atoms with E-state index in [2.05, 4.69) is 0 Å². The molecule has 0 N–H and O–H groups in total. The fourth-order valence-corrected chi connectivity index (χ4v) is 4.07. The van der Waals surface area contributed by atoms with Crippen LogP contribution in [0.2, 0.25) is 0 Å². The maximum absolute atomic E-state index is 13.6. The Morgan fingerprint density at radius 3 is 1.53 bits per heavy atom. The van der Waals surface area contributed by atoms with Crippen molar-refractivity contribution in [1.29, 1.82) is 0 Å². The first-order valence-corrected chi connectivity index (χ1v) is 10.8. The highest BCUT2D eigenvalue weighted by atomic mass is 32.1. The lowest BCUT2D eigenvalue weighted by molar-refractivity contribution is -0.120. The van der Waals surface area contributed by atoms with Gasteiger partial charge < -0.3 is 14.2 Å². The number of thiocarbonyl (C=S) groups is 1. The zero-order valence-corrected chi connectivity index (χ0v) is 19.7. The predicted octanol–water partition coefficient (Wildman–Crippen LogP) is 4.46. The topological polar surface area (TPSA) is 68.3 Å². The van der Waals surface area contributed by atoms with Crippen molar-refractivity contribution in [2.45, 2.75) is 0 Å². The van der Waals surface area contributed by atoms with Crippen LogP contribution in [0, 0.1) is 0 Å². The summed E-state index contributed by atoms with van der Waals surface area (Å²) in [7, 11) is 4.50. The number of rotatable bonds is 6. The summed E-state index contributed by atoms with van der Waals surface area (Å²) in [5.41, 5.74) is 1.58. The first-order valence-electron chi connectivity index (χ1n) is 10.3. The molecule has 0 unspecified atom stereocenters. The maximum atomic E-state index is 13.6. The van der Waals surface area contributed by atoms with E-state index >= 15 is 0 Å². The van der Waals surface area contributed by atoms with Crippen molar-refractivity contribution in [2.75, 3.05) is 31.1 Å². The van der Waals surface area contributed by atoms with Crippen molar-refractivity contribution in [3.63, 3.8) is 0 Å². The lowest BCUT2D eigenvalue weighted by atomic mass is 10.0. The number of hydrogen-bond donors (Lipinski definition) is 0. The highest BCUT2D eigenvalue weighted by Crippen LogP contribution is 2.39. The maximum Gasteiger partial charge on any atom is 0.270 e. The summed E-state index contributed by atoms with van der Waals surface area (Å²) in [5.74, 6) is 0.162. The van der Waals surface area contributed by atoms with E-state index in [1.165, 1.54) is 37.2 Å². The minimum absolute atomic E-state index is 0.0596. The zero-order valence-electron chi connectivity index (χ0n) is 18.8. The number of methoxy groups -OCH3 is 3. The van der Waals surface area contributed by atoms with Crippen LogP contribution in [0.5, 0.6) is 17.2 Å². The fourth-order valence-electron chi connectivity index (χ4n) is 3.69. The molecule has 7 nitrogen and oxygen atoms in total. The second-order valence-corrected chi connectivity index (χ2v) is 7.62. The van der Waals surface area contributed by atoms with Crippen molar-refractivity contribution < 1.29 is 23.8 Å². The molecule has 34 heavy (non-hydrogen) atoms. The van der Waals surface area contributed by atoms with Gasteiger partial charge in [0.1, 0.15) is 5.57 Å². The average molecular weight is 475 g/mol. The lowest BCUT2D eigenvalue weighted by Crippen LogP contribution is -2.56. The van der Waals surface area contributed by atoms with Gasteiger partial charge in [-0.1, -0.05) is 36.4 Å². The van der Waals surface area contributed by atoms with Crippen molar-refractivity contribution in [1.82, 2.24) is 0 Å². The highest BCUT2D eigenvalue weighted by molar-refractivity contribution is 7.81. The molecule has 0 saturated carbocycles. The Morgan fingerprint density at radius 1 is 0.706 bits per heavy atom. The number of benzene rings is 3. The summed E-state index contributed by atoms with van der Waals surface area (Å²) in [6.07, 6.45) is 1.50. The minimum Gasteiger partial charge on any atom is -0.493 e. The summed E-state index contributed by atoms with van der Waals surface area (Å²) < 4.78 is 16.2. The van der Waals surface area contributed by atoms with E-state index in [0.29, 0.717) is 34.2 Å². The summed E-state index contributed by atoms with van der Waals surface area (Å²) in [4.78, 5) is 29.9. The Kier molecular flexibility index (Phi) is 6.60. The van der Waals surface area contributed by atoms with Crippen molar-refractivity contribution in [3.05, 3.63) is 83.9 Å². The molecular formula is C26H22N2O5S. The van der Waals surface area contributed by atoms with Crippen LogP contribution in [0.25, 0.3) is 6.08 Å². The summed E-state index contributed by atoms with van der Waals surface area (Å²) >= 11 is 5.62. The number of carbonyl (C=O) groups excluding carboxylic acids is 2. The Hall–Kier alpha value is -4.17. The molecule has 1 saturated heterocycles. The van der Waals surface area contributed by atoms with Crippen molar-refractivity contribution in [3.8, 4) is 17.2 Å². The van der Waals surface area contributed by atoms with Crippen LogP contribution in [0.4, 0.5) is 11.4 Å². The fraction of sp³-hybridized carbons (Fsp3) is 0.115. The highest BCUT2D eigenvalue weighted by Gasteiger charge is 2.41. The Balaban J connectivity index is 1.89. The second kappa shape index (κ2) is 9.76. The normalized spacial score (nSPS) is 13.7. The standard InChI is InChI=1S/C26H22N2O5S/c1-31-21-15-17(16-22(32-2)23(21)33-3)14-20-24(29)27(18-10-6-4-7-11-18)26(34)28(25(20)30)19-12-8-5-9-13-19/h4-16H,1-3H3. The average Bonchev–Trinajstić information content (AvgIpc) is 2.87. The molecule has 3 aromatic carbocycles. The molecule has 3 aromatic rings. The predicted molar refractivity (Wildman–Crippen MR) is 135 cm³/mol. The molecule has 0 spiro atoms. The molecule has 172 valence electrons. The number of ether oxygens (including phenoxy) is 3. The molecule has 8 heteroatoms. The van der Waals surface area contributed by atoms with Crippen LogP contribution < -0.4 is 24.0 Å². The van der Waals surface area contributed by atoms with Gasteiger partial charge in [-0.3, -0.25) is 19.4 Å². The first kappa shape index (κ1) is 23.0. The van der Waals surface area contributed by atoms with Gasteiger partial charge in [-0.25, -0.2) is 0 Å². The number of carbonyl (C=O) groups is 2. The third kappa shape index (κ3) is 4.11. The Morgan fingerprint density at radius 2 is 1.15 bits per heavy atom. The number of nitrogens with zero attached hydrogens (tertiary/aromatic N) is 2. The van der Waals surface area contributed by atoms with Gasteiger partial charge in [-0.05, 0) is 60.3 Å². The smallest absolute Gasteiger partial charge is 0.270 e. The molecule has 0 aliphatic carbocycles. The van der Waals surface area contributed by atoms with Crippen LogP contribution in [0.15, 0.2) is 78.4 Å². The van der Waals surface area contributed by atoms with Gasteiger partial charge in [0.05, 0.1) is 32.7 Å². The van der Waals surface area contributed by atoms with Gasteiger partial charge in [-0.2, -0.15) is 0 Å². The molecule has 1 fully saturated rings. The molecule has 2 amide bonds. The van der Waals surface area contributed by atoms with Gasteiger partial charge in [-0.15, -0.1) is 0 Å². The third-order valence-electron chi connectivity index (χ3n) is 5.28. The largest absolute Gasteiger partial charge is 0.493 e. The van der Waals surface area contributed by atoms with Crippen molar-refractivity contribution >= 4 is 46.6 Å². The lowest BCUT2D eigenvalue weighted by Gasteiger charge is -2.36. The minimum atomic E-state index is -0.526. The van der Waals surface area contributed by atoms with E-state index in [0.717, 1.165) is 0 Å². The van der Waals surface area contributed by atoms with E-state index < -0.39 is 11.8 Å². The van der Waals surface area contributed by atoms with E-state index in [1.807, 2.05) is 12.1 Å². The van der Waals surface area contributed by atoms with Gasteiger partial charge >= 0.3 is 0 Å². The zero-order chi connectivity index (χ0) is 24.2. The Labute approximate surface area is 202 Å². The van der Waals surface area contributed by atoms with Crippen LogP contribution >= 0.6 is 12.2 Å². The molecule has 0 aromatic heterocycles. The van der Waals surface area contributed by atoms with Crippen LogP contribution in [-0.4, -0.2) is 38.3 Å². The molecule has 0 bridgehead atoms. The van der Waals surface area contributed by atoms with E-state index in [4.69, 9.17) is 26.4 Å². The van der Waals surface area contributed by atoms with E-state index in [1.54, 1.807) is 60.7 Å². The monoisotopic (exact) mass is 474 g/mol. The molecular weight excluding hydrogens is 452 g/mol. The van der Waals surface area contributed by atoms with Gasteiger partial charge in [0.15, 0.2) is 16.6 Å². The molecule has 4 rings (SSSR count). The SMILES string of the molecule is COc1cc(C=C2C(=O)N(c3ccccc3)C(=S)N(c3ccccc3)C2=O)cc(OC)c1OC. The second-order valence-electron chi connectivity index (χ2n) is 7.25. The van der Waals surface area contributed by atoms with Crippen LogP contribution in [0.1, 0.15) is 5.56 Å². The van der Waals surface area contributed by atoms with Crippen molar-refractivity contribution in [2.24, 2.45) is 0 Å². The van der Waals surface area contributed by atoms with Gasteiger partial charge in [0, 0.05) is 0 Å².